The molecule has 2 atom stereocenters. The Bertz CT molecular complexity index is 352. The van der Waals surface area contributed by atoms with E-state index in [2.05, 4.69) is 6.92 Å². The topological polar surface area (TPSA) is 74.7 Å². The molecule has 1 aliphatic heterocycles. The Balaban J connectivity index is 2.69. The SMILES string of the molecule is CCCC1CCN(S(=O)(=O)C(C)C(=O)O)C1. The molecule has 5 nitrogen and oxygen atoms in total. The molecule has 2 unspecified atom stereocenters. The van der Waals surface area contributed by atoms with Gasteiger partial charge in [-0.1, -0.05) is 13.3 Å². The number of sulfonamides is 1. The van der Waals surface area contributed by atoms with Crippen LogP contribution in [0, 0.1) is 5.92 Å². The van der Waals surface area contributed by atoms with E-state index in [1.807, 2.05) is 0 Å². The van der Waals surface area contributed by atoms with Gasteiger partial charge in [-0.25, -0.2) is 12.7 Å². The van der Waals surface area contributed by atoms with Gasteiger partial charge in [0.1, 0.15) is 0 Å². The molecule has 6 heteroatoms. The first-order valence-electron chi connectivity index (χ1n) is 5.61. The van der Waals surface area contributed by atoms with E-state index in [0.717, 1.165) is 19.3 Å². The minimum absolute atomic E-state index is 0.390. The molecule has 0 bridgehead atoms. The van der Waals surface area contributed by atoms with E-state index in [0.29, 0.717) is 19.0 Å². The van der Waals surface area contributed by atoms with Crippen molar-refractivity contribution in [1.29, 1.82) is 0 Å². The highest BCUT2D eigenvalue weighted by Crippen LogP contribution is 2.25. The molecular weight excluding hydrogens is 230 g/mol. The summed E-state index contributed by atoms with van der Waals surface area (Å²) in [5.41, 5.74) is 0. The van der Waals surface area contributed by atoms with Gasteiger partial charge in [0.15, 0.2) is 5.25 Å². The number of nitrogens with zero attached hydrogens (tertiary/aromatic N) is 1. The van der Waals surface area contributed by atoms with Gasteiger partial charge in [0.2, 0.25) is 10.0 Å². The summed E-state index contributed by atoms with van der Waals surface area (Å²) < 4.78 is 25.1. The fraction of sp³-hybridized carbons (Fsp3) is 0.900. The molecule has 0 aromatic carbocycles. The molecule has 94 valence electrons. The highest BCUT2D eigenvalue weighted by molar-refractivity contribution is 7.90. The van der Waals surface area contributed by atoms with Crippen molar-refractivity contribution in [3.63, 3.8) is 0 Å². The second-order valence-corrected chi connectivity index (χ2v) is 6.58. The van der Waals surface area contributed by atoms with E-state index in [9.17, 15) is 13.2 Å². The zero-order valence-corrected chi connectivity index (χ0v) is 10.5. The van der Waals surface area contributed by atoms with Crippen molar-refractivity contribution in [3.05, 3.63) is 0 Å². The fourth-order valence-electron chi connectivity index (χ4n) is 2.02. The number of carboxylic acids is 1. The van der Waals surface area contributed by atoms with Crippen molar-refractivity contribution in [1.82, 2.24) is 4.31 Å². The summed E-state index contributed by atoms with van der Waals surface area (Å²) in [4.78, 5) is 10.7. The summed E-state index contributed by atoms with van der Waals surface area (Å²) in [6.45, 7) is 4.24. The Hall–Kier alpha value is -0.620. The summed E-state index contributed by atoms with van der Waals surface area (Å²) >= 11 is 0. The zero-order valence-electron chi connectivity index (χ0n) is 9.72. The molecule has 1 N–H and O–H groups in total. The maximum Gasteiger partial charge on any atom is 0.323 e. The largest absolute Gasteiger partial charge is 0.480 e. The molecule has 0 aromatic rings. The molecule has 1 fully saturated rings. The second kappa shape index (κ2) is 5.14. The Morgan fingerprint density at radius 1 is 1.56 bits per heavy atom. The van der Waals surface area contributed by atoms with Crippen LogP contribution in [0.1, 0.15) is 33.1 Å². The molecule has 0 spiro atoms. The van der Waals surface area contributed by atoms with Crippen LogP contribution < -0.4 is 0 Å². The van der Waals surface area contributed by atoms with E-state index < -0.39 is 21.2 Å². The minimum Gasteiger partial charge on any atom is -0.480 e. The third-order valence-electron chi connectivity index (χ3n) is 3.10. The zero-order chi connectivity index (χ0) is 12.3. The minimum atomic E-state index is -3.66. The van der Waals surface area contributed by atoms with Crippen LogP contribution in [0.4, 0.5) is 0 Å². The number of rotatable bonds is 5. The first kappa shape index (κ1) is 13.4. The molecule has 0 saturated carbocycles. The molecule has 0 aromatic heterocycles. The maximum absolute atomic E-state index is 11.9. The van der Waals surface area contributed by atoms with Crippen LogP contribution in [0.5, 0.6) is 0 Å². The quantitative estimate of drug-likeness (QED) is 0.786. The van der Waals surface area contributed by atoms with Crippen LogP contribution in [-0.2, 0) is 14.8 Å². The first-order chi connectivity index (χ1) is 7.39. The van der Waals surface area contributed by atoms with Gasteiger partial charge in [-0.3, -0.25) is 4.79 Å². The molecule has 1 rings (SSSR count). The lowest BCUT2D eigenvalue weighted by Gasteiger charge is -2.19. The number of carboxylic acid groups (broad SMARTS) is 1. The number of hydrogen-bond acceptors (Lipinski definition) is 3. The first-order valence-corrected chi connectivity index (χ1v) is 7.11. The van der Waals surface area contributed by atoms with Gasteiger partial charge in [0, 0.05) is 13.1 Å². The Morgan fingerprint density at radius 3 is 2.69 bits per heavy atom. The van der Waals surface area contributed by atoms with Crippen LogP contribution >= 0.6 is 0 Å². The van der Waals surface area contributed by atoms with E-state index >= 15 is 0 Å². The van der Waals surface area contributed by atoms with Gasteiger partial charge < -0.3 is 5.11 Å². The van der Waals surface area contributed by atoms with Gasteiger partial charge in [-0.15, -0.1) is 0 Å². The van der Waals surface area contributed by atoms with Crippen molar-refractivity contribution in [2.24, 2.45) is 5.92 Å². The lowest BCUT2D eigenvalue weighted by Crippen LogP contribution is -2.39. The van der Waals surface area contributed by atoms with E-state index in [4.69, 9.17) is 5.11 Å². The number of aliphatic carboxylic acids is 1. The van der Waals surface area contributed by atoms with Crippen LogP contribution in [0.25, 0.3) is 0 Å². The van der Waals surface area contributed by atoms with Gasteiger partial charge in [0.25, 0.3) is 0 Å². The predicted molar refractivity (Wildman–Crippen MR) is 60.6 cm³/mol. The van der Waals surface area contributed by atoms with Crippen molar-refractivity contribution in [2.75, 3.05) is 13.1 Å². The summed E-state index contributed by atoms with van der Waals surface area (Å²) in [7, 11) is -3.66. The monoisotopic (exact) mass is 249 g/mol. The summed E-state index contributed by atoms with van der Waals surface area (Å²) in [6, 6.07) is 0. The van der Waals surface area contributed by atoms with Crippen LogP contribution in [-0.4, -0.2) is 42.1 Å². The Kier molecular flexibility index (Phi) is 4.32. The van der Waals surface area contributed by atoms with Crippen LogP contribution in [0.2, 0.25) is 0 Å². The molecule has 0 amide bonds. The average molecular weight is 249 g/mol. The lowest BCUT2D eigenvalue weighted by atomic mass is 10.0. The average Bonchev–Trinajstić information content (AvgIpc) is 2.66. The van der Waals surface area contributed by atoms with Crippen molar-refractivity contribution < 1.29 is 18.3 Å². The molecule has 16 heavy (non-hydrogen) atoms. The third-order valence-corrected chi connectivity index (χ3v) is 5.25. The molecule has 0 aliphatic carbocycles. The van der Waals surface area contributed by atoms with Crippen molar-refractivity contribution >= 4 is 16.0 Å². The lowest BCUT2D eigenvalue weighted by molar-refractivity contribution is -0.136. The van der Waals surface area contributed by atoms with Crippen LogP contribution in [0.15, 0.2) is 0 Å². The van der Waals surface area contributed by atoms with E-state index in [1.165, 1.54) is 11.2 Å². The standard InChI is InChI=1S/C10H19NO4S/c1-3-4-9-5-6-11(7-9)16(14,15)8(2)10(12)13/h8-9H,3-7H2,1-2H3,(H,12,13). The highest BCUT2D eigenvalue weighted by atomic mass is 32.2. The van der Waals surface area contributed by atoms with E-state index in [-0.39, 0.29) is 0 Å². The summed E-state index contributed by atoms with van der Waals surface area (Å²) in [5.74, 6) is -0.889. The maximum atomic E-state index is 11.9. The normalized spacial score (nSPS) is 24.5. The van der Waals surface area contributed by atoms with Crippen LogP contribution in [0.3, 0.4) is 0 Å². The fourth-order valence-corrected chi connectivity index (χ4v) is 3.50. The van der Waals surface area contributed by atoms with Gasteiger partial charge in [-0.2, -0.15) is 0 Å². The molecular formula is C10H19NO4S. The third kappa shape index (κ3) is 2.74. The molecule has 1 aliphatic rings. The van der Waals surface area contributed by atoms with Crippen molar-refractivity contribution in [2.45, 2.75) is 38.4 Å². The van der Waals surface area contributed by atoms with Gasteiger partial charge >= 0.3 is 5.97 Å². The van der Waals surface area contributed by atoms with Gasteiger partial charge in [0.05, 0.1) is 0 Å². The van der Waals surface area contributed by atoms with Crippen molar-refractivity contribution in [3.8, 4) is 0 Å². The number of hydrogen-bond donors (Lipinski definition) is 1. The molecule has 1 heterocycles. The molecule has 1 saturated heterocycles. The highest BCUT2D eigenvalue weighted by Gasteiger charge is 2.37. The smallest absolute Gasteiger partial charge is 0.323 e. The van der Waals surface area contributed by atoms with Gasteiger partial charge in [-0.05, 0) is 25.7 Å². The predicted octanol–water partition coefficient (Wildman–Crippen LogP) is 0.911. The Morgan fingerprint density at radius 2 is 2.19 bits per heavy atom. The van der Waals surface area contributed by atoms with E-state index in [1.54, 1.807) is 0 Å². The molecule has 0 radical (unpaired) electrons. The Labute approximate surface area is 96.5 Å². The number of carbonyl (C=O) groups is 1. The summed E-state index contributed by atoms with van der Waals surface area (Å²) in [5, 5.41) is 7.40. The second-order valence-electron chi connectivity index (χ2n) is 4.33. The summed E-state index contributed by atoms with van der Waals surface area (Å²) in [6.07, 6.45) is 2.89.